The van der Waals surface area contributed by atoms with Crippen molar-refractivity contribution in [3.8, 4) is 0 Å². The Hall–Kier alpha value is -2.11. The van der Waals surface area contributed by atoms with Crippen LogP contribution in [0.15, 0.2) is 12.1 Å². The predicted molar refractivity (Wildman–Crippen MR) is 100 cm³/mol. The molecule has 3 heterocycles. The zero-order valence-electron chi connectivity index (χ0n) is 16.2. The summed E-state index contributed by atoms with van der Waals surface area (Å²) in [6.07, 6.45) is 3.04. The van der Waals surface area contributed by atoms with Gasteiger partial charge in [-0.25, -0.2) is 9.78 Å². The average Bonchev–Trinajstić information content (AvgIpc) is 3.09. The summed E-state index contributed by atoms with van der Waals surface area (Å²) < 4.78 is 5.47. The molecule has 26 heavy (non-hydrogen) atoms. The lowest BCUT2D eigenvalue weighted by Crippen LogP contribution is -2.36. The number of amides is 2. The van der Waals surface area contributed by atoms with Crippen LogP contribution >= 0.6 is 0 Å². The second kappa shape index (κ2) is 7.25. The molecule has 1 aromatic heterocycles. The van der Waals surface area contributed by atoms with E-state index in [0.717, 1.165) is 42.9 Å². The number of rotatable bonds is 2. The monoisotopic (exact) mass is 359 g/mol. The van der Waals surface area contributed by atoms with Crippen LogP contribution in [0.5, 0.6) is 0 Å². The number of nitrogens with zero attached hydrogens (tertiary/aromatic N) is 3. The molecule has 142 valence electrons. The summed E-state index contributed by atoms with van der Waals surface area (Å²) in [5, 5.41) is 0. The predicted octanol–water partition coefficient (Wildman–Crippen LogP) is 3.50. The van der Waals surface area contributed by atoms with E-state index in [1.807, 2.05) is 32.6 Å². The number of hydrogen-bond donors (Lipinski definition) is 0. The SMILES string of the molecule is CCC(=O)N1CCCc2ccc(C3CCN(C(=O)OC(C)(C)C)C3)nc21. The standard InChI is InChI=1S/C20H29N3O3/c1-5-17(24)23-11-6-7-14-8-9-16(21-18(14)23)15-10-12-22(13-15)19(25)26-20(2,3)4/h8-9,15H,5-7,10-13H2,1-4H3. The average molecular weight is 359 g/mol. The van der Waals surface area contributed by atoms with Crippen molar-refractivity contribution in [3.05, 3.63) is 23.4 Å². The Morgan fingerprint density at radius 2 is 2.04 bits per heavy atom. The lowest BCUT2D eigenvalue weighted by atomic mass is 10.00. The van der Waals surface area contributed by atoms with Gasteiger partial charge in [-0.15, -0.1) is 0 Å². The van der Waals surface area contributed by atoms with E-state index in [2.05, 4.69) is 12.1 Å². The van der Waals surface area contributed by atoms with E-state index in [9.17, 15) is 9.59 Å². The fourth-order valence-corrected chi connectivity index (χ4v) is 3.61. The van der Waals surface area contributed by atoms with E-state index >= 15 is 0 Å². The van der Waals surface area contributed by atoms with Crippen LogP contribution in [-0.4, -0.2) is 47.1 Å². The largest absolute Gasteiger partial charge is 0.444 e. The smallest absolute Gasteiger partial charge is 0.410 e. The summed E-state index contributed by atoms with van der Waals surface area (Å²) in [6, 6.07) is 4.16. The molecule has 0 N–H and O–H groups in total. The van der Waals surface area contributed by atoms with Crippen LogP contribution in [0.3, 0.4) is 0 Å². The first-order valence-corrected chi connectivity index (χ1v) is 9.56. The molecule has 3 rings (SSSR count). The Balaban J connectivity index is 1.75. The maximum atomic E-state index is 12.3. The maximum absolute atomic E-state index is 12.3. The first-order valence-electron chi connectivity index (χ1n) is 9.56. The zero-order chi connectivity index (χ0) is 18.9. The first-order chi connectivity index (χ1) is 12.3. The molecule has 0 spiro atoms. The minimum atomic E-state index is -0.486. The van der Waals surface area contributed by atoms with Crippen LogP contribution in [-0.2, 0) is 16.0 Å². The van der Waals surface area contributed by atoms with E-state index in [0.29, 0.717) is 19.5 Å². The number of fused-ring (bicyclic) bond motifs is 1. The summed E-state index contributed by atoms with van der Waals surface area (Å²) >= 11 is 0. The van der Waals surface area contributed by atoms with Gasteiger partial charge in [0, 0.05) is 37.7 Å². The van der Waals surface area contributed by atoms with Crippen molar-refractivity contribution in [1.29, 1.82) is 0 Å². The summed E-state index contributed by atoms with van der Waals surface area (Å²) in [5.41, 5.74) is 1.62. The van der Waals surface area contributed by atoms with Gasteiger partial charge in [0.05, 0.1) is 0 Å². The molecule has 2 aliphatic rings. The molecule has 1 saturated heterocycles. The second-order valence-electron chi connectivity index (χ2n) is 8.13. The van der Waals surface area contributed by atoms with Gasteiger partial charge in [0.2, 0.25) is 5.91 Å². The number of carbonyl (C=O) groups excluding carboxylic acids is 2. The maximum Gasteiger partial charge on any atom is 0.410 e. The minimum Gasteiger partial charge on any atom is -0.444 e. The van der Waals surface area contributed by atoms with Gasteiger partial charge in [-0.3, -0.25) is 9.69 Å². The molecular weight excluding hydrogens is 330 g/mol. The first kappa shape index (κ1) is 18.7. The Labute approximate surface area is 155 Å². The third kappa shape index (κ3) is 4.00. The summed E-state index contributed by atoms with van der Waals surface area (Å²) in [4.78, 5) is 33.0. The molecule has 1 unspecified atom stereocenters. The van der Waals surface area contributed by atoms with Gasteiger partial charge in [-0.05, 0) is 51.7 Å². The Bertz CT molecular complexity index is 696. The molecular formula is C20H29N3O3. The van der Waals surface area contributed by atoms with Crippen molar-refractivity contribution >= 4 is 17.8 Å². The van der Waals surface area contributed by atoms with Gasteiger partial charge in [-0.1, -0.05) is 13.0 Å². The molecule has 2 aliphatic heterocycles. The van der Waals surface area contributed by atoms with Crippen LogP contribution in [0.25, 0.3) is 0 Å². The molecule has 6 heteroatoms. The number of anilines is 1. The summed E-state index contributed by atoms with van der Waals surface area (Å²) in [6.45, 7) is 9.55. The number of likely N-dealkylation sites (tertiary alicyclic amines) is 1. The van der Waals surface area contributed by atoms with Gasteiger partial charge >= 0.3 is 6.09 Å². The van der Waals surface area contributed by atoms with Gasteiger partial charge in [0.1, 0.15) is 11.4 Å². The molecule has 0 radical (unpaired) electrons. The van der Waals surface area contributed by atoms with E-state index < -0.39 is 5.60 Å². The number of pyridine rings is 1. The third-order valence-electron chi connectivity index (χ3n) is 4.92. The van der Waals surface area contributed by atoms with Gasteiger partial charge in [-0.2, -0.15) is 0 Å². The van der Waals surface area contributed by atoms with Crippen molar-refractivity contribution in [2.75, 3.05) is 24.5 Å². The Kier molecular flexibility index (Phi) is 5.21. The van der Waals surface area contributed by atoms with Crippen LogP contribution < -0.4 is 4.90 Å². The molecule has 1 fully saturated rings. The zero-order valence-corrected chi connectivity index (χ0v) is 16.2. The highest BCUT2D eigenvalue weighted by molar-refractivity contribution is 5.93. The van der Waals surface area contributed by atoms with Crippen LogP contribution in [0.2, 0.25) is 0 Å². The molecule has 1 atom stereocenters. The Morgan fingerprint density at radius 3 is 2.73 bits per heavy atom. The van der Waals surface area contributed by atoms with Gasteiger partial charge < -0.3 is 9.64 Å². The minimum absolute atomic E-state index is 0.123. The fraction of sp³-hybridized carbons (Fsp3) is 0.650. The fourth-order valence-electron chi connectivity index (χ4n) is 3.61. The van der Waals surface area contributed by atoms with E-state index in [1.165, 1.54) is 0 Å². The van der Waals surface area contributed by atoms with Gasteiger partial charge in [0.15, 0.2) is 0 Å². The topological polar surface area (TPSA) is 62.7 Å². The van der Waals surface area contributed by atoms with E-state index in [-0.39, 0.29) is 17.9 Å². The van der Waals surface area contributed by atoms with Gasteiger partial charge in [0.25, 0.3) is 0 Å². The van der Waals surface area contributed by atoms with Crippen molar-refractivity contribution < 1.29 is 14.3 Å². The highest BCUT2D eigenvalue weighted by atomic mass is 16.6. The number of aryl methyl sites for hydroxylation is 1. The molecule has 6 nitrogen and oxygen atoms in total. The van der Waals surface area contributed by atoms with Crippen LogP contribution in [0.4, 0.5) is 10.6 Å². The van der Waals surface area contributed by atoms with Crippen LogP contribution in [0.1, 0.15) is 64.1 Å². The lowest BCUT2D eigenvalue weighted by Gasteiger charge is -2.29. The number of carbonyl (C=O) groups is 2. The normalized spacial score (nSPS) is 20.1. The van der Waals surface area contributed by atoms with Crippen molar-refractivity contribution in [1.82, 2.24) is 9.88 Å². The van der Waals surface area contributed by atoms with Crippen LogP contribution in [0, 0.1) is 0 Å². The highest BCUT2D eigenvalue weighted by Gasteiger charge is 2.32. The number of aromatic nitrogens is 1. The number of ether oxygens (including phenoxy) is 1. The molecule has 0 aromatic carbocycles. The molecule has 0 aliphatic carbocycles. The third-order valence-corrected chi connectivity index (χ3v) is 4.92. The van der Waals surface area contributed by atoms with E-state index in [4.69, 9.17) is 9.72 Å². The Morgan fingerprint density at radius 1 is 1.27 bits per heavy atom. The van der Waals surface area contributed by atoms with E-state index in [1.54, 1.807) is 4.90 Å². The van der Waals surface area contributed by atoms with Crippen molar-refractivity contribution in [2.45, 2.75) is 64.9 Å². The molecule has 0 bridgehead atoms. The summed E-state index contributed by atoms with van der Waals surface area (Å²) in [5.74, 6) is 1.13. The lowest BCUT2D eigenvalue weighted by molar-refractivity contribution is -0.118. The summed E-state index contributed by atoms with van der Waals surface area (Å²) in [7, 11) is 0. The number of hydrogen-bond acceptors (Lipinski definition) is 4. The second-order valence-corrected chi connectivity index (χ2v) is 8.13. The van der Waals surface area contributed by atoms with Crippen molar-refractivity contribution in [3.63, 3.8) is 0 Å². The molecule has 1 aromatic rings. The quantitative estimate of drug-likeness (QED) is 0.811. The molecule has 2 amide bonds. The highest BCUT2D eigenvalue weighted by Crippen LogP contribution is 2.32. The van der Waals surface area contributed by atoms with Crippen molar-refractivity contribution in [2.24, 2.45) is 0 Å². The molecule has 0 saturated carbocycles.